The second-order valence-corrected chi connectivity index (χ2v) is 19.6. The minimum atomic E-state index is 0.0964. The van der Waals surface area contributed by atoms with Crippen LogP contribution in [0.5, 0.6) is 0 Å². The molecule has 4 saturated carbocycles. The third kappa shape index (κ3) is 5.73. The fraction of sp³-hybridized carbons (Fsp3) is 0.156. The summed E-state index contributed by atoms with van der Waals surface area (Å²) in [7, 11) is 0. The van der Waals surface area contributed by atoms with E-state index >= 15 is 0 Å². The highest BCUT2D eigenvalue weighted by molar-refractivity contribution is 6.06. The minimum Gasteiger partial charge on any atom is -0.456 e. The number of para-hydroxylation sites is 1. The Kier molecular flexibility index (Phi) is 8.50. The van der Waals surface area contributed by atoms with Crippen molar-refractivity contribution in [1.82, 2.24) is 0 Å². The lowest BCUT2D eigenvalue weighted by atomic mass is 9.42. The predicted molar refractivity (Wildman–Crippen MR) is 273 cm³/mol. The third-order valence-electron chi connectivity index (χ3n) is 16.3. The quantitative estimate of drug-likeness (QED) is 0.159. The van der Waals surface area contributed by atoms with Gasteiger partial charge in [0.05, 0.1) is 0 Å². The maximum Gasteiger partial charge on any atom is 0.136 e. The summed E-state index contributed by atoms with van der Waals surface area (Å²) in [5.41, 5.74) is 21.4. The summed E-state index contributed by atoms with van der Waals surface area (Å²) < 4.78 is 6.28. The van der Waals surface area contributed by atoms with Crippen molar-refractivity contribution in [2.45, 2.75) is 37.5 Å². The SMILES string of the molecule is c1ccc(-c2ccc(N(c3ccc(-c4ccc5c(c4)oc4ccccc45)cc3)c3ccc(-c4ccccc4-c4cccc5c4C4(c6ccccc6-5)C5CC6CC(C5)CC4C6)cc3)cc2)cc1. The van der Waals surface area contributed by atoms with E-state index in [1.54, 1.807) is 11.1 Å². The van der Waals surface area contributed by atoms with E-state index in [4.69, 9.17) is 4.42 Å². The highest BCUT2D eigenvalue weighted by Crippen LogP contribution is 2.70. The predicted octanol–water partition coefficient (Wildman–Crippen LogP) is 17.4. The molecule has 1 spiro atoms. The highest BCUT2D eigenvalue weighted by atomic mass is 16.3. The Morgan fingerprint density at radius 2 is 0.833 bits per heavy atom. The first-order valence-electron chi connectivity index (χ1n) is 24.1. The Labute approximate surface area is 386 Å². The second-order valence-electron chi connectivity index (χ2n) is 19.6. The van der Waals surface area contributed by atoms with E-state index in [1.165, 1.54) is 76.6 Å². The number of anilines is 3. The van der Waals surface area contributed by atoms with Gasteiger partial charge in [-0.25, -0.2) is 0 Å². The molecule has 1 heterocycles. The molecule has 0 unspecified atom stereocenters. The van der Waals surface area contributed by atoms with E-state index < -0.39 is 0 Å². The van der Waals surface area contributed by atoms with Crippen LogP contribution in [-0.4, -0.2) is 0 Å². The molecule has 0 aliphatic heterocycles. The van der Waals surface area contributed by atoms with Crippen LogP contribution in [0, 0.1) is 23.7 Å². The average molecular weight is 848 g/mol. The van der Waals surface area contributed by atoms with Crippen molar-refractivity contribution >= 4 is 39.0 Å². The van der Waals surface area contributed by atoms with Gasteiger partial charge in [-0.15, -0.1) is 0 Å². The maximum absolute atomic E-state index is 6.28. The van der Waals surface area contributed by atoms with Gasteiger partial charge in [0.25, 0.3) is 0 Å². The first kappa shape index (κ1) is 37.9. The number of fused-ring (bicyclic) bond motifs is 6. The van der Waals surface area contributed by atoms with Crippen LogP contribution in [-0.2, 0) is 5.41 Å². The van der Waals surface area contributed by atoms with Crippen molar-refractivity contribution in [2.24, 2.45) is 23.7 Å². The Bertz CT molecular complexity index is 3440. The second kappa shape index (κ2) is 14.8. The zero-order valence-electron chi connectivity index (χ0n) is 36.9. The molecule has 15 rings (SSSR count). The number of benzene rings is 9. The molecule has 5 aliphatic rings. The number of rotatable bonds is 7. The van der Waals surface area contributed by atoms with Crippen LogP contribution in [0.3, 0.4) is 0 Å². The molecule has 5 aliphatic carbocycles. The van der Waals surface area contributed by atoms with Crippen LogP contribution in [0.2, 0.25) is 0 Å². The summed E-state index contributed by atoms with van der Waals surface area (Å²) in [6, 6.07) is 78.6. The van der Waals surface area contributed by atoms with E-state index in [-0.39, 0.29) is 5.41 Å². The van der Waals surface area contributed by atoms with Gasteiger partial charge in [-0.1, -0.05) is 158 Å². The van der Waals surface area contributed by atoms with E-state index in [9.17, 15) is 0 Å². The molecular weight excluding hydrogens is 799 g/mol. The molecule has 4 bridgehead atoms. The van der Waals surface area contributed by atoms with Gasteiger partial charge in [-0.2, -0.15) is 0 Å². The Balaban J connectivity index is 0.851. The summed E-state index contributed by atoms with van der Waals surface area (Å²) in [4.78, 5) is 2.38. The zero-order valence-corrected chi connectivity index (χ0v) is 36.9. The summed E-state index contributed by atoms with van der Waals surface area (Å²) in [5, 5.41) is 2.30. The highest BCUT2D eigenvalue weighted by Gasteiger charge is 2.62. The van der Waals surface area contributed by atoms with Crippen molar-refractivity contribution < 1.29 is 4.42 Å². The van der Waals surface area contributed by atoms with Gasteiger partial charge in [-0.05, 0) is 177 Å². The number of hydrogen-bond donors (Lipinski definition) is 0. The molecule has 2 nitrogen and oxygen atoms in total. The van der Waals surface area contributed by atoms with Gasteiger partial charge in [0, 0.05) is 33.2 Å². The first-order valence-corrected chi connectivity index (χ1v) is 24.1. The van der Waals surface area contributed by atoms with Crippen LogP contribution in [0.1, 0.15) is 43.2 Å². The number of nitrogens with zero attached hydrogens (tertiary/aromatic N) is 1. The van der Waals surface area contributed by atoms with Gasteiger partial charge < -0.3 is 9.32 Å². The molecule has 2 heteroatoms. The lowest BCUT2D eigenvalue weighted by Crippen LogP contribution is -2.55. The summed E-state index contributed by atoms with van der Waals surface area (Å²) in [6.45, 7) is 0. The minimum absolute atomic E-state index is 0.0964. The standard InChI is InChI=1S/C64H49NO/c1-2-11-43(12-3-1)44-21-28-50(29-22-44)65(51-30-23-45(24-31-51)47-27-34-57-56-16-7-9-20-61(56)66-62(57)40-47)52-32-25-46(26-33-52)53-13-4-5-14-54(53)58-17-10-18-59-55-15-6-8-19-60(55)64(63(58)59)48-36-41-35-42(38-48)39-49(64)37-41/h1-34,40-42,48-49H,35-39H2. The number of furan rings is 1. The van der Waals surface area contributed by atoms with Crippen molar-refractivity contribution in [3.05, 3.63) is 223 Å². The van der Waals surface area contributed by atoms with Crippen molar-refractivity contribution in [1.29, 1.82) is 0 Å². The normalized spacial score (nSPS) is 21.1. The summed E-state index contributed by atoms with van der Waals surface area (Å²) in [6.07, 6.45) is 6.98. The van der Waals surface area contributed by atoms with E-state index in [0.717, 1.165) is 62.0 Å². The maximum atomic E-state index is 6.28. The summed E-state index contributed by atoms with van der Waals surface area (Å²) in [5.74, 6) is 3.24. The Hall–Kier alpha value is -7.42. The smallest absolute Gasteiger partial charge is 0.136 e. The third-order valence-corrected chi connectivity index (χ3v) is 16.3. The van der Waals surface area contributed by atoms with E-state index in [1.807, 2.05) is 12.1 Å². The molecule has 0 radical (unpaired) electrons. The van der Waals surface area contributed by atoms with E-state index in [2.05, 4.69) is 205 Å². The lowest BCUT2D eigenvalue weighted by molar-refractivity contribution is -0.0397. The van der Waals surface area contributed by atoms with Gasteiger partial charge in [0.15, 0.2) is 0 Å². The Morgan fingerprint density at radius 1 is 0.348 bits per heavy atom. The lowest BCUT2D eigenvalue weighted by Gasteiger charge is -2.61. The van der Waals surface area contributed by atoms with Crippen LogP contribution in [0.15, 0.2) is 217 Å². The van der Waals surface area contributed by atoms with Crippen LogP contribution in [0.4, 0.5) is 17.1 Å². The van der Waals surface area contributed by atoms with Crippen LogP contribution < -0.4 is 4.90 Å². The van der Waals surface area contributed by atoms with Crippen molar-refractivity contribution in [3.8, 4) is 55.6 Å². The number of hydrogen-bond acceptors (Lipinski definition) is 2. The monoisotopic (exact) mass is 847 g/mol. The molecule has 1 aromatic heterocycles. The molecule has 4 fully saturated rings. The molecule has 0 amide bonds. The first-order chi connectivity index (χ1) is 32.7. The molecule has 316 valence electrons. The molecule has 10 aromatic rings. The fourth-order valence-electron chi connectivity index (χ4n) is 13.8. The van der Waals surface area contributed by atoms with Gasteiger partial charge in [0.2, 0.25) is 0 Å². The topological polar surface area (TPSA) is 16.4 Å². The van der Waals surface area contributed by atoms with Gasteiger partial charge >= 0.3 is 0 Å². The molecule has 0 saturated heterocycles. The largest absolute Gasteiger partial charge is 0.456 e. The summed E-state index contributed by atoms with van der Waals surface area (Å²) >= 11 is 0. The van der Waals surface area contributed by atoms with Crippen molar-refractivity contribution in [3.63, 3.8) is 0 Å². The molecule has 0 N–H and O–H groups in total. The van der Waals surface area contributed by atoms with Crippen LogP contribution in [0.25, 0.3) is 77.6 Å². The average Bonchev–Trinajstić information content (AvgIpc) is 3.90. The molecule has 0 atom stereocenters. The fourth-order valence-corrected chi connectivity index (χ4v) is 13.8. The molecular formula is C64H49NO. The molecule has 9 aromatic carbocycles. The van der Waals surface area contributed by atoms with Crippen LogP contribution >= 0.6 is 0 Å². The zero-order chi connectivity index (χ0) is 43.3. The van der Waals surface area contributed by atoms with E-state index in [0.29, 0.717) is 11.8 Å². The Morgan fingerprint density at radius 3 is 1.52 bits per heavy atom. The molecule has 66 heavy (non-hydrogen) atoms. The van der Waals surface area contributed by atoms with Gasteiger partial charge in [-0.3, -0.25) is 0 Å². The van der Waals surface area contributed by atoms with Crippen molar-refractivity contribution in [2.75, 3.05) is 4.90 Å². The van der Waals surface area contributed by atoms with Gasteiger partial charge in [0.1, 0.15) is 11.2 Å².